The first kappa shape index (κ1) is 9.92. The predicted octanol–water partition coefficient (Wildman–Crippen LogP) is 1.48. The Morgan fingerprint density at radius 2 is 2.08 bits per heavy atom. The zero-order chi connectivity index (χ0) is 9.84. The van der Waals surface area contributed by atoms with E-state index in [1.165, 1.54) is 0 Å². The lowest BCUT2D eigenvalue weighted by molar-refractivity contribution is 0.132. The second-order valence-electron chi connectivity index (χ2n) is 2.89. The highest BCUT2D eigenvalue weighted by Crippen LogP contribution is 2.11. The van der Waals surface area contributed by atoms with Crippen molar-refractivity contribution >= 4 is 5.82 Å². The third-order valence-corrected chi connectivity index (χ3v) is 1.86. The van der Waals surface area contributed by atoms with Crippen LogP contribution in [-0.2, 0) is 4.84 Å². The van der Waals surface area contributed by atoms with E-state index in [9.17, 15) is 0 Å². The molecule has 1 aromatic rings. The predicted molar refractivity (Wildman–Crippen MR) is 51.5 cm³/mol. The summed E-state index contributed by atoms with van der Waals surface area (Å²) < 4.78 is 0. The summed E-state index contributed by atoms with van der Waals surface area (Å²) in [7, 11) is 1.82. The van der Waals surface area contributed by atoms with Gasteiger partial charge in [-0.25, -0.2) is 5.06 Å². The Hall–Kier alpha value is -1.16. The van der Waals surface area contributed by atoms with Gasteiger partial charge in [-0.1, -0.05) is 0 Å². The lowest BCUT2D eigenvalue weighted by Gasteiger charge is -2.16. The molecule has 0 atom stereocenters. The molecule has 0 aliphatic rings. The number of rotatable bonds is 3. The summed E-state index contributed by atoms with van der Waals surface area (Å²) in [6.07, 6.45) is 0. The number of hydrogen-bond acceptors (Lipinski definition) is 4. The van der Waals surface area contributed by atoms with E-state index in [2.05, 4.69) is 10.2 Å². The Kier molecular flexibility index (Phi) is 3.19. The smallest absolute Gasteiger partial charge is 0.174 e. The van der Waals surface area contributed by atoms with Crippen LogP contribution in [0.3, 0.4) is 0 Å². The van der Waals surface area contributed by atoms with Gasteiger partial charge in [-0.05, 0) is 32.4 Å². The molecule has 0 saturated carbocycles. The van der Waals surface area contributed by atoms with Crippen molar-refractivity contribution in [3.8, 4) is 0 Å². The van der Waals surface area contributed by atoms with Gasteiger partial charge in [0, 0.05) is 7.05 Å². The van der Waals surface area contributed by atoms with Crippen molar-refractivity contribution < 1.29 is 4.84 Å². The average Bonchev–Trinajstić information content (AvgIpc) is 2.10. The number of anilines is 1. The van der Waals surface area contributed by atoms with E-state index in [1.54, 1.807) is 5.06 Å². The summed E-state index contributed by atoms with van der Waals surface area (Å²) in [6, 6.07) is 1.96. The molecule has 0 fully saturated rings. The first-order valence-electron chi connectivity index (χ1n) is 4.32. The Bertz CT molecular complexity index is 288. The summed E-state index contributed by atoms with van der Waals surface area (Å²) >= 11 is 0. The summed E-state index contributed by atoms with van der Waals surface area (Å²) in [5.74, 6) is 0.741. The van der Waals surface area contributed by atoms with Crippen molar-refractivity contribution in [2.45, 2.75) is 20.8 Å². The second-order valence-corrected chi connectivity index (χ2v) is 2.89. The fourth-order valence-corrected chi connectivity index (χ4v) is 0.946. The normalized spacial score (nSPS) is 10.2. The molecule has 0 amide bonds. The molecule has 4 nitrogen and oxygen atoms in total. The molecule has 0 spiro atoms. The van der Waals surface area contributed by atoms with Gasteiger partial charge in [-0.3, -0.25) is 4.84 Å². The molecule has 0 unspecified atom stereocenters. The maximum atomic E-state index is 5.25. The van der Waals surface area contributed by atoms with Crippen LogP contribution in [0.4, 0.5) is 5.82 Å². The van der Waals surface area contributed by atoms with Crippen molar-refractivity contribution in [3.63, 3.8) is 0 Å². The van der Waals surface area contributed by atoms with E-state index in [-0.39, 0.29) is 0 Å². The van der Waals surface area contributed by atoms with Crippen molar-refractivity contribution in [2.75, 3.05) is 18.7 Å². The number of aromatic nitrogens is 2. The molecule has 13 heavy (non-hydrogen) atoms. The van der Waals surface area contributed by atoms with Gasteiger partial charge in [-0.15, -0.1) is 5.10 Å². The van der Waals surface area contributed by atoms with E-state index >= 15 is 0 Å². The average molecular weight is 181 g/mol. The first-order chi connectivity index (χ1) is 6.15. The van der Waals surface area contributed by atoms with E-state index in [1.807, 2.05) is 33.9 Å². The van der Waals surface area contributed by atoms with Crippen LogP contribution in [0, 0.1) is 13.8 Å². The van der Waals surface area contributed by atoms with Crippen LogP contribution < -0.4 is 5.06 Å². The molecule has 72 valence electrons. The topological polar surface area (TPSA) is 38.2 Å². The number of nitrogens with zero attached hydrogens (tertiary/aromatic N) is 3. The van der Waals surface area contributed by atoms with E-state index in [0.29, 0.717) is 6.61 Å². The molecule has 1 aromatic heterocycles. The molecule has 0 aromatic carbocycles. The maximum Gasteiger partial charge on any atom is 0.174 e. The number of aryl methyl sites for hydroxylation is 2. The van der Waals surface area contributed by atoms with Crippen LogP contribution in [-0.4, -0.2) is 23.9 Å². The zero-order valence-electron chi connectivity index (χ0n) is 8.53. The Labute approximate surface area is 78.5 Å². The molecule has 1 heterocycles. The van der Waals surface area contributed by atoms with Crippen LogP contribution in [0.15, 0.2) is 6.07 Å². The zero-order valence-corrected chi connectivity index (χ0v) is 8.53. The second kappa shape index (κ2) is 4.18. The third kappa shape index (κ3) is 2.39. The Morgan fingerprint density at radius 1 is 1.38 bits per heavy atom. The molecule has 1 rings (SSSR count). The molecule has 0 radical (unpaired) electrons. The van der Waals surface area contributed by atoms with Gasteiger partial charge in [0.25, 0.3) is 0 Å². The SMILES string of the molecule is CCON(C)c1cc(C)c(C)nn1. The minimum absolute atomic E-state index is 0.630. The molecule has 0 N–H and O–H groups in total. The molecule has 4 heteroatoms. The van der Waals surface area contributed by atoms with Crippen molar-refractivity contribution in [1.29, 1.82) is 0 Å². The van der Waals surface area contributed by atoms with Crippen LogP contribution >= 0.6 is 0 Å². The summed E-state index contributed by atoms with van der Waals surface area (Å²) in [5.41, 5.74) is 2.07. The van der Waals surface area contributed by atoms with E-state index in [0.717, 1.165) is 17.1 Å². The highest BCUT2D eigenvalue weighted by molar-refractivity contribution is 5.37. The van der Waals surface area contributed by atoms with Crippen LogP contribution in [0.2, 0.25) is 0 Å². The molecule has 0 saturated heterocycles. The van der Waals surface area contributed by atoms with Crippen LogP contribution in [0.5, 0.6) is 0 Å². The Morgan fingerprint density at radius 3 is 2.62 bits per heavy atom. The quantitative estimate of drug-likeness (QED) is 0.662. The molecule has 0 aliphatic carbocycles. The van der Waals surface area contributed by atoms with Gasteiger partial charge in [0.15, 0.2) is 5.82 Å². The Balaban J connectivity index is 2.84. The lowest BCUT2D eigenvalue weighted by Crippen LogP contribution is -2.19. The fourth-order valence-electron chi connectivity index (χ4n) is 0.946. The summed E-state index contributed by atoms with van der Waals surface area (Å²) in [6.45, 7) is 6.51. The van der Waals surface area contributed by atoms with Gasteiger partial charge in [0.05, 0.1) is 12.3 Å². The largest absolute Gasteiger partial charge is 0.273 e. The minimum Gasteiger partial charge on any atom is -0.273 e. The van der Waals surface area contributed by atoms with Crippen molar-refractivity contribution in [3.05, 3.63) is 17.3 Å². The highest BCUT2D eigenvalue weighted by Gasteiger charge is 2.04. The number of hydrogen-bond donors (Lipinski definition) is 0. The third-order valence-electron chi connectivity index (χ3n) is 1.86. The van der Waals surface area contributed by atoms with Gasteiger partial charge >= 0.3 is 0 Å². The van der Waals surface area contributed by atoms with Gasteiger partial charge < -0.3 is 0 Å². The molecular formula is C9H15N3O. The van der Waals surface area contributed by atoms with Crippen molar-refractivity contribution in [2.24, 2.45) is 0 Å². The van der Waals surface area contributed by atoms with Gasteiger partial charge in [0.1, 0.15) is 0 Å². The summed E-state index contributed by atoms with van der Waals surface area (Å²) in [4.78, 5) is 5.25. The molecular weight excluding hydrogens is 166 g/mol. The van der Waals surface area contributed by atoms with E-state index < -0.39 is 0 Å². The van der Waals surface area contributed by atoms with Gasteiger partial charge in [0.2, 0.25) is 0 Å². The van der Waals surface area contributed by atoms with E-state index in [4.69, 9.17) is 4.84 Å². The van der Waals surface area contributed by atoms with Gasteiger partial charge in [-0.2, -0.15) is 5.10 Å². The van der Waals surface area contributed by atoms with Crippen LogP contribution in [0.25, 0.3) is 0 Å². The molecule has 0 bridgehead atoms. The fraction of sp³-hybridized carbons (Fsp3) is 0.556. The lowest BCUT2D eigenvalue weighted by atomic mass is 10.2. The first-order valence-corrected chi connectivity index (χ1v) is 4.32. The summed E-state index contributed by atoms with van der Waals surface area (Å²) in [5, 5.41) is 9.64. The minimum atomic E-state index is 0.630. The standard InChI is InChI=1S/C9H15N3O/c1-5-13-12(4)9-6-7(2)8(3)10-11-9/h6H,5H2,1-4H3. The monoisotopic (exact) mass is 181 g/mol. The van der Waals surface area contributed by atoms with Crippen LogP contribution in [0.1, 0.15) is 18.2 Å². The number of hydroxylamine groups is 1. The highest BCUT2D eigenvalue weighted by atomic mass is 16.7. The van der Waals surface area contributed by atoms with Crippen molar-refractivity contribution in [1.82, 2.24) is 10.2 Å². The molecule has 0 aliphatic heterocycles. The maximum absolute atomic E-state index is 5.25.